The molecule has 7 nitrogen and oxygen atoms in total. The first-order chi connectivity index (χ1) is 10.2. The molecule has 3 rings (SSSR count). The number of morpholine rings is 1. The molecule has 0 saturated carbocycles. The lowest BCUT2D eigenvalue weighted by Crippen LogP contribution is -2.43. The van der Waals surface area contributed by atoms with Gasteiger partial charge in [-0.3, -0.25) is 9.58 Å². The van der Waals surface area contributed by atoms with Gasteiger partial charge in [0.15, 0.2) is 5.82 Å². The van der Waals surface area contributed by atoms with Gasteiger partial charge in [-0.2, -0.15) is 10.1 Å². The van der Waals surface area contributed by atoms with Crippen LogP contribution in [0.15, 0.2) is 16.9 Å². The molecule has 2 atom stereocenters. The molecule has 1 saturated heterocycles. The highest BCUT2D eigenvalue weighted by atomic mass is 16.5. The van der Waals surface area contributed by atoms with Crippen LogP contribution in [0.25, 0.3) is 0 Å². The van der Waals surface area contributed by atoms with Gasteiger partial charge in [-0.15, -0.1) is 0 Å². The minimum atomic E-state index is -0.00933. The van der Waals surface area contributed by atoms with E-state index in [1.54, 1.807) is 0 Å². The monoisotopic (exact) mass is 291 g/mol. The second-order valence-electron chi connectivity index (χ2n) is 5.38. The van der Waals surface area contributed by atoms with Crippen molar-refractivity contribution in [1.29, 1.82) is 0 Å². The maximum atomic E-state index is 5.76. The predicted molar refractivity (Wildman–Crippen MR) is 75.5 cm³/mol. The minimum Gasteiger partial charge on any atom is -0.375 e. The van der Waals surface area contributed by atoms with Crippen LogP contribution in [0, 0.1) is 6.92 Å². The van der Waals surface area contributed by atoms with Crippen LogP contribution in [0.2, 0.25) is 0 Å². The molecule has 0 spiro atoms. The minimum absolute atomic E-state index is 0.00933. The van der Waals surface area contributed by atoms with Gasteiger partial charge in [0.2, 0.25) is 5.89 Å². The average Bonchev–Trinajstić information content (AvgIpc) is 3.08. The van der Waals surface area contributed by atoms with E-state index < -0.39 is 0 Å². The van der Waals surface area contributed by atoms with Gasteiger partial charge >= 0.3 is 0 Å². The largest absolute Gasteiger partial charge is 0.375 e. The van der Waals surface area contributed by atoms with Crippen molar-refractivity contribution in [1.82, 2.24) is 24.8 Å². The third kappa shape index (κ3) is 2.98. The van der Waals surface area contributed by atoms with Crippen LogP contribution in [0.5, 0.6) is 0 Å². The molecule has 1 aliphatic heterocycles. The Bertz CT molecular complexity index is 594. The summed E-state index contributed by atoms with van der Waals surface area (Å²) in [4.78, 5) is 6.70. The second kappa shape index (κ2) is 5.95. The number of nitrogens with zero attached hydrogens (tertiary/aromatic N) is 5. The summed E-state index contributed by atoms with van der Waals surface area (Å²) in [5, 5.41) is 8.23. The van der Waals surface area contributed by atoms with Crippen LogP contribution in [0.4, 0.5) is 0 Å². The summed E-state index contributed by atoms with van der Waals surface area (Å²) in [6.45, 7) is 9.20. The summed E-state index contributed by atoms with van der Waals surface area (Å²) in [5.74, 6) is 1.28. The first-order valence-corrected chi connectivity index (χ1v) is 7.34. The van der Waals surface area contributed by atoms with E-state index in [0.717, 1.165) is 19.6 Å². The summed E-state index contributed by atoms with van der Waals surface area (Å²) < 4.78 is 13.1. The molecule has 0 aliphatic carbocycles. The first kappa shape index (κ1) is 14.2. The molecule has 21 heavy (non-hydrogen) atoms. The molecule has 1 fully saturated rings. The molecule has 2 aromatic rings. The van der Waals surface area contributed by atoms with Crippen LogP contribution in [0.3, 0.4) is 0 Å². The Hall–Kier alpha value is -1.73. The molecule has 7 heteroatoms. The molecule has 1 aliphatic rings. The van der Waals surface area contributed by atoms with Gasteiger partial charge in [0.05, 0.1) is 18.9 Å². The number of rotatable bonds is 4. The molecule has 0 radical (unpaired) electrons. The zero-order valence-corrected chi connectivity index (χ0v) is 12.7. The first-order valence-electron chi connectivity index (χ1n) is 7.34. The number of hydrogen-bond acceptors (Lipinski definition) is 6. The lowest BCUT2D eigenvalue weighted by atomic mass is 10.1. The molecule has 0 amide bonds. The number of ether oxygens (including phenoxy) is 1. The van der Waals surface area contributed by atoms with Crippen molar-refractivity contribution in [3.05, 3.63) is 29.7 Å². The van der Waals surface area contributed by atoms with E-state index in [1.807, 2.05) is 24.7 Å². The third-order valence-electron chi connectivity index (χ3n) is 3.79. The van der Waals surface area contributed by atoms with Crippen molar-refractivity contribution < 1.29 is 9.26 Å². The molecule has 3 heterocycles. The number of aryl methyl sites for hydroxylation is 2. The summed E-state index contributed by atoms with van der Waals surface area (Å²) >= 11 is 0. The molecule has 0 aromatic carbocycles. The molecule has 0 N–H and O–H groups in total. The molecule has 0 bridgehead atoms. The van der Waals surface area contributed by atoms with Crippen molar-refractivity contribution in [2.24, 2.45) is 0 Å². The van der Waals surface area contributed by atoms with E-state index in [-0.39, 0.29) is 12.1 Å². The van der Waals surface area contributed by atoms with Gasteiger partial charge in [-0.25, -0.2) is 0 Å². The highest BCUT2D eigenvalue weighted by Gasteiger charge is 2.35. The molecular weight excluding hydrogens is 270 g/mol. The number of aromatic nitrogens is 4. The molecule has 114 valence electrons. The normalized spacial score (nSPS) is 23.6. The molecule has 0 unspecified atom stereocenters. The Morgan fingerprint density at radius 1 is 1.43 bits per heavy atom. The van der Waals surface area contributed by atoms with E-state index in [2.05, 4.69) is 33.3 Å². The Morgan fingerprint density at radius 3 is 2.95 bits per heavy atom. The van der Waals surface area contributed by atoms with Crippen LogP contribution >= 0.6 is 0 Å². The van der Waals surface area contributed by atoms with Crippen molar-refractivity contribution in [3.63, 3.8) is 0 Å². The zero-order valence-electron chi connectivity index (χ0n) is 12.7. The van der Waals surface area contributed by atoms with Crippen molar-refractivity contribution in [2.75, 3.05) is 13.2 Å². The van der Waals surface area contributed by atoms with Gasteiger partial charge < -0.3 is 9.26 Å². The summed E-state index contributed by atoms with van der Waals surface area (Å²) in [6.07, 6.45) is 4.02. The van der Waals surface area contributed by atoms with Crippen LogP contribution in [-0.2, 0) is 17.8 Å². The van der Waals surface area contributed by atoms with Gasteiger partial charge in [-0.05, 0) is 20.8 Å². The Kier molecular flexibility index (Phi) is 4.03. The van der Waals surface area contributed by atoms with E-state index in [9.17, 15) is 0 Å². The van der Waals surface area contributed by atoms with Crippen LogP contribution in [0.1, 0.15) is 37.2 Å². The fraction of sp³-hybridized carbons (Fsp3) is 0.643. The Morgan fingerprint density at radius 2 is 2.29 bits per heavy atom. The average molecular weight is 291 g/mol. The van der Waals surface area contributed by atoms with Crippen molar-refractivity contribution in [2.45, 2.75) is 46.0 Å². The summed E-state index contributed by atoms with van der Waals surface area (Å²) in [6, 6.07) is -0.00933. The van der Waals surface area contributed by atoms with Crippen LogP contribution in [-0.4, -0.2) is 44.1 Å². The lowest BCUT2D eigenvalue weighted by molar-refractivity contribution is -0.0763. The van der Waals surface area contributed by atoms with Crippen molar-refractivity contribution in [3.8, 4) is 0 Å². The standard InChI is InChI=1S/C14H21N5O2/c1-4-19-9-12(7-15-19)8-18-5-6-20-10(2)13(18)14-16-11(3)17-21-14/h7,9-10,13H,4-6,8H2,1-3H3/t10-,13+/m1/s1. The van der Waals surface area contributed by atoms with Gasteiger partial charge in [0.1, 0.15) is 6.04 Å². The Balaban J connectivity index is 1.80. The second-order valence-corrected chi connectivity index (χ2v) is 5.38. The van der Waals surface area contributed by atoms with E-state index in [4.69, 9.17) is 9.26 Å². The lowest BCUT2D eigenvalue weighted by Gasteiger charge is -2.37. The van der Waals surface area contributed by atoms with Gasteiger partial charge in [0, 0.05) is 31.4 Å². The fourth-order valence-corrected chi connectivity index (χ4v) is 2.75. The maximum Gasteiger partial charge on any atom is 0.246 e. The Labute approximate surface area is 123 Å². The summed E-state index contributed by atoms with van der Waals surface area (Å²) in [5.41, 5.74) is 1.19. The predicted octanol–water partition coefficient (Wildman–Crippen LogP) is 1.56. The van der Waals surface area contributed by atoms with Gasteiger partial charge in [0.25, 0.3) is 0 Å². The highest BCUT2D eigenvalue weighted by Crippen LogP contribution is 2.29. The summed E-state index contributed by atoms with van der Waals surface area (Å²) in [7, 11) is 0. The smallest absolute Gasteiger partial charge is 0.246 e. The van der Waals surface area contributed by atoms with E-state index >= 15 is 0 Å². The SMILES string of the molecule is CCn1cc(CN2CCO[C@H](C)[C@H]2c2nc(C)no2)cn1. The molecule has 2 aromatic heterocycles. The third-order valence-corrected chi connectivity index (χ3v) is 3.79. The quantitative estimate of drug-likeness (QED) is 0.851. The van der Waals surface area contributed by atoms with Crippen LogP contribution < -0.4 is 0 Å². The highest BCUT2D eigenvalue weighted by molar-refractivity contribution is 5.06. The van der Waals surface area contributed by atoms with Crippen molar-refractivity contribution >= 4 is 0 Å². The topological polar surface area (TPSA) is 69.2 Å². The van der Waals surface area contributed by atoms with E-state index in [1.165, 1.54) is 5.56 Å². The molecular formula is C14H21N5O2. The number of hydrogen-bond donors (Lipinski definition) is 0. The fourth-order valence-electron chi connectivity index (χ4n) is 2.75. The maximum absolute atomic E-state index is 5.76. The van der Waals surface area contributed by atoms with E-state index in [0.29, 0.717) is 18.3 Å². The zero-order chi connectivity index (χ0) is 14.8. The van der Waals surface area contributed by atoms with Gasteiger partial charge in [-0.1, -0.05) is 5.16 Å².